The summed E-state index contributed by atoms with van der Waals surface area (Å²) in [5, 5.41) is 2.22. The molecule has 1 fully saturated rings. The smallest absolute Gasteiger partial charge is 0.356 e. The van der Waals surface area contributed by atoms with Crippen molar-refractivity contribution in [2.24, 2.45) is 0 Å². The first kappa shape index (κ1) is 24.9. The Morgan fingerprint density at radius 3 is 2.26 bits per heavy atom. The normalized spacial score (nSPS) is 19.0. The Hall–Kier alpha value is -3.17. The predicted molar refractivity (Wildman–Crippen MR) is 136 cm³/mol. The molecule has 2 aliphatic rings. The fourth-order valence-corrected chi connectivity index (χ4v) is 5.52. The molecule has 0 bridgehead atoms. The zero-order valence-corrected chi connectivity index (χ0v) is 21.1. The zero-order valence-electron chi connectivity index (χ0n) is 18.7. The van der Waals surface area contributed by atoms with E-state index >= 15 is 0 Å². The summed E-state index contributed by atoms with van der Waals surface area (Å²) in [7, 11) is 0. The van der Waals surface area contributed by atoms with Gasteiger partial charge >= 0.3 is 5.97 Å². The minimum atomic E-state index is -0.816. The Labute approximate surface area is 215 Å². The van der Waals surface area contributed by atoms with E-state index in [-0.39, 0.29) is 23.2 Å². The number of β-lactam (4-membered cyclic amide) rings is 1. The van der Waals surface area contributed by atoms with Crippen LogP contribution in [-0.4, -0.2) is 51.0 Å². The first-order valence-electron chi connectivity index (χ1n) is 10.9. The molecule has 1 N–H and O–H groups in total. The number of carbonyl (C=O) groups excluding carboxylic acids is 4. The number of hydrogen-bond donors (Lipinski definition) is 1. The van der Waals surface area contributed by atoms with Gasteiger partial charge in [0.2, 0.25) is 5.91 Å². The molecule has 2 heterocycles. The lowest BCUT2D eigenvalue weighted by molar-refractivity contribution is -0.154. The number of benzene rings is 2. The molecule has 35 heavy (non-hydrogen) atoms. The SMILES string of the molecule is C=CC1=C(C(=O)OC(c2ccccc2)c2ccccc2)N2C(=O)C(NC(=O)CC(=O)CBr)[C@H]2SC1. The van der Waals surface area contributed by atoms with Gasteiger partial charge in [-0.2, -0.15) is 0 Å². The number of Topliss-reactive ketones (excluding diaryl/α,β-unsaturated/α-hetero) is 1. The quantitative estimate of drug-likeness (QED) is 0.221. The Morgan fingerprint density at radius 2 is 1.71 bits per heavy atom. The fraction of sp³-hybridized carbons (Fsp3) is 0.231. The van der Waals surface area contributed by atoms with Gasteiger partial charge in [0.15, 0.2) is 11.9 Å². The van der Waals surface area contributed by atoms with Gasteiger partial charge in [-0.05, 0) is 16.7 Å². The van der Waals surface area contributed by atoms with E-state index in [0.29, 0.717) is 11.3 Å². The van der Waals surface area contributed by atoms with Crippen molar-refractivity contribution in [2.75, 3.05) is 11.1 Å². The van der Waals surface area contributed by atoms with E-state index in [4.69, 9.17) is 4.74 Å². The summed E-state index contributed by atoms with van der Waals surface area (Å²) < 4.78 is 5.99. The molecule has 2 aromatic carbocycles. The lowest BCUT2D eigenvalue weighted by Gasteiger charge is -2.49. The molecule has 0 radical (unpaired) electrons. The molecule has 2 amide bonds. The number of nitrogens with one attached hydrogen (secondary N) is 1. The van der Waals surface area contributed by atoms with Crippen molar-refractivity contribution in [3.05, 3.63) is 95.7 Å². The highest BCUT2D eigenvalue weighted by atomic mass is 79.9. The monoisotopic (exact) mass is 554 g/mol. The van der Waals surface area contributed by atoms with Crippen molar-refractivity contribution in [3.63, 3.8) is 0 Å². The summed E-state index contributed by atoms with van der Waals surface area (Å²) >= 11 is 4.44. The van der Waals surface area contributed by atoms with Gasteiger partial charge in [0.25, 0.3) is 5.91 Å². The van der Waals surface area contributed by atoms with Gasteiger partial charge in [0.05, 0.1) is 11.8 Å². The second-order valence-electron chi connectivity index (χ2n) is 7.99. The number of ketones is 1. The van der Waals surface area contributed by atoms with Crippen LogP contribution < -0.4 is 5.32 Å². The number of rotatable bonds is 9. The number of nitrogens with zero attached hydrogens (tertiary/aromatic N) is 1. The fourth-order valence-electron chi connectivity index (χ4n) is 3.99. The highest BCUT2D eigenvalue weighted by molar-refractivity contribution is 9.09. The molecule has 0 spiro atoms. The summed E-state index contributed by atoms with van der Waals surface area (Å²) in [4.78, 5) is 51.6. The highest BCUT2D eigenvalue weighted by Crippen LogP contribution is 2.41. The molecule has 2 atom stereocenters. The number of amides is 2. The lowest BCUT2D eigenvalue weighted by Crippen LogP contribution is -2.70. The maximum atomic E-state index is 13.5. The molecule has 0 aliphatic carbocycles. The van der Waals surface area contributed by atoms with E-state index in [1.165, 1.54) is 16.7 Å². The van der Waals surface area contributed by atoms with E-state index in [1.54, 1.807) is 6.08 Å². The average molecular weight is 555 g/mol. The molecule has 1 unspecified atom stereocenters. The van der Waals surface area contributed by atoms with E-state index in [1.807, 2.05) is 60.7 Å². The predicted octanol–water partition coefficient (Wildman–Crippen LogP) is 3.51. The zero-order chi connectivity index (χ0) is 24.9. The van der Waals surface area contributed by atoms with Crippen LogP contribution in [0.4, 0.5) is 0 Å². The summed E-state index contributed by atoms with van der Waals surface area (Å²) in [5.41, 5.74) is 2.31. The Bertz CT molecular complexity index is 1150. The molecule has 2 aromatic rings. The number of ether oxygens (including phenoxy) is 1. The number of esters is 1. The summed E-state index contributed by atoms with van der Waals surface area (Å²) in [6, 6.07) is 17.9. The number of halogens is 1. The van der Waals surface area contributed by atoms with E-state index in [9.17, 15) is 19.2 Å². The molecule has 1 saturated heterocycles. The molecular weight excluding hydrogens is 532 g/mol. The van der Waals surface area contributed by atoms with Crippen LogP contribution >= 0.6 is 27.7 Å². The number of carbonyl (C=O) groups is 4. The van der Waals surface area contributed by atoms with Crippen LogP contribution in [0.1, 0.15) is 23.7 Å². The number of fused-ring (bicyclic) bond motifs is 1. The van der Waals surface area contributed by atoms with Gasteiger partial charge in [-0.1, -0.05) is 89.2 Å². The van der Waals surface area contributed by atoms with Crippen LogP contribution in [0.3, 0.4) is 0 Å². The molecule has 9 heteroatoms. The van der Waals surface area contributed by atoms with Crippen LogP contribution in [0.5, 0.6) is 0 Å². The van der Waals surface area contributed by atoms with Crippen molar-refractivity contribution in [2.45, 2.75) is 23.9 Å². The number of alkyl halides is 1. The van der Waals surface area contributed by atoms with Gasteiger partial charge in [-0.25, -0.2) is 4.79 Å². The minimum Gasteiger partial charge on any atom is -0.448 e. The first-order chi connectivity index (χ1) is 16.9. The molecule has 2 aliphatic heterocycles. The number of thioether (sulfide) groups is 1. The Balaban J connectivity index is 1.57. The van der Waals surface area contributed by atoms with Crippen molar-refractivity contribution >= 4 is 51.3 Å². The average Bonchev–Trinajstić information content (AvgIpc) is 2.90. The second-order valence-corrected chi connectivity index (χ2v) is 9.65. The standard InChI is InChI=1S/C26H23BrN2O5S/c1-2-16-15-35-25-21(28-20(31)13-19(30)14-27)24(32)29(25)22(16)26(33)34-23(17-9-5-3-6-10-17)18-11-7-4-8-12-18/h2-12,21,23,25H,1,13-15H2,(H,28,31)/t21?,25-/m1/s1. The molecule has 0 saturated carbocycles. The van der Waals surface area contributed by atoms with Gasteiger partial charge in [-0.15, -0.1) is 11.8 Å². The minimum absolute atomic E-state index is 0.0642. The molecule has 4 rings (SSSR count). The molecular formula is C26H23BrN2O5S. The third-order valence-electron chi connectivity index (χ3n) is 5.69. The summed E-state index contributed by atoms with van der Waals surface area (Å²) in [6.45, 7) is 3.80. The maximum Gasteiger partial charge on any atom is 0.356 e. The van der Waals surface area contributed by atoms with E-state index in [0.717, 1.165) is 11.1 Å². The topological polar surface area (TPSA) is 92.8 Å². The molecule has 7 nitrogen and oxygen atoms in total. The third-order valence-corrected chi connectivity index (χ3v) is 7.62. The van der Waals surface area contributed by atoms with Gasteiger partial charge < -0.3 is 10.1 Å². The first-order valence-corrected chi connectivity index (χ1v) is 13.1. The van der Waals surface area contributed by atoms with Gasteiger partial charge in [-0.3, -0.25) is 19.3 Å². The van der Waals surface area contributed by atoms with Gasteiger partial charge in [0, 0.05) is 5.75 Å². The van der Waals surface area contributed by atoms with Gasteiger partial charge in [0.1, 0.15) is 17.1 Å². The Kier molecular flexibility index (Phi) is 7.87. The highest BCUT2D eigenvalue weighted by Gasteiger charge is 2.54. The van der Waals surface area contributed by atoms with Crippen molar-refractivity contribution < 1.29 is 23.9 Å². The van der Waals surface area contributed by atoms with Crippen LogP contribution in [0.25, 0.3) is 0 Å². The summed E-state index contributed by atoms with van der Waals surface area (Å²) in [6.07, 6.45) is 0.567. The summed E-state index contributed by atoms with van der Waals surface area (Å²) in [5.74, 6) is -1.45. The number of hydrogen-bond acceptors (Lipinski definition) is 6. The van der Waals surface area contributed by atoms with Crippen LogP contribution in [0.2, 0.25) is 0 Å². The van der Waals surface area contributed by atoms with Crippen molar-refractivity contribution in [1.82, 2.24) is 10.2 Å². The largest absolute Gasteiger partial charge is 0.448 e. The maximum absolute atomic E-state index is 13.5. The van der Waals surface area contributed by atoms with E-state index in [2.05, 4.69) is 27.8 Å². The van der Waals surface area contributed by atoms with Crippen LogP contribution in [0, 0.1) is 0 Å². The van der Waals surface area contributed by atoms with Crippen molar-refractivity contribution in [3.8, 4) is 0 Å². The lowest BCUT2D eigenvalue weighted by atomic mass is 10.0. The number of allylic oxidation sites excluding steroid dienone is 1. The van der Waals surface area contributed by atoms with E-state index < -0.39 is 35.3 Å². The van der Waals surface area contributed by atoms with Crippen molar-refractivity contribution in [1.29, 1.82) is 0 Å². The molecule has 180 valence electrons. The van der Waals surface area contributed by atoms with Crippen LogP contribution in [-0.2, 0) is 23.9 Å². The third kappa shape index (κ3) is 5.26. The second kappa shape index (κ2) is 11.0. The molecule has 0 aromatic heterocycles. The Morgan fingerprint density at radius 1 is 1.11 bits per heavy atom. The van der Waals surface area contributed by atoms with Crippen LogP contribution in [0.15, 0.2) is 84.6 Å².